The molecule has 3 fully saturated rings. The van der Waals surface area contributed by atoms with Gasteiger partial charge in [0.25, 0.3) is 0 Å². The fraction of sp³-hybridized carbons (Fsp3) is 0.643. The van der Waals surface area contributed by atoms with Crippen LogP contribution in [0.3, 0.4) is 0 Å². The molecular weight excluding hydrogens is 266 g/mol. The molecule has 21 heavy (non-hydrogen) atoms. The average molecular weight is 287 g/mol. The predicted octanol–water partition coefficient (Wildman–Crippen LogP) is 1.29. The summed E-state index contributed by atoms with van der Waals surface area (Å²) in [6.07, 6.45) is 4.25. The normalized spacial score (nSPS) is 28.0. The van der Waals surface area contributed by atoms with E-state index in [4.69, 9.17) is 0 Å². The number of H-pyrrole nitrogens is 1. The van der Waals surface area contributed by atoms with Crippen LogP contribution in [-0.4, -0.2) is 57.1 Å². The molecule has 3 aliphatic heterocycles. The van der Waals surface area contributed by atoms with E-state index in [-0.39, 0.29) is 0 Å². The molecule has 7 nitrogen and oxygen atoms in total. The molecule has 0 radical (unpaired) electrons. The second kappa shape index (κ2) is 5.14. The number of aromatic amines is 1. The smallest absolute Gasteiger partial charge is 0.226 e. The number of piperidine rings is 3. The van der Waals surface area contributed by atoms with E-state index < -0.39 is 0 Å². The number of rotatable bonds is 4. The summed E-state index contributed by atoms with van der Waals surface area (Å²) in [6.45, 7) is 6.44. The zero-order valence-corrected chi connectivity index (χ0v) is 12.3. The molecule has 7 heteroatoms. The van der Waals surface area contributed by atoms with Crippen LogP contribution in [0.1, 0.15) is 19.8 Å². The van der Waals surface area contributed by atoms with Gasteiger partial charge >= 0.3 is 0 Å². The van der Waals surface area contributed by atoms with Crippen LogP contribution in [0.5, 0.6) is 0 Å². The minimum Gasteiger partial charge on any atom is -0.364 e. The first kappa shape index (κ1) is 12.8. The van der Waals surface area contributed by atoms with Gasteiger partial charge in [-0.25, -0.2) is 4.98 Å². The zero-order valence-electron chi connectivity index (χ0n) is 12.3. The molecule has 1 atom stereocenters. The number of nitrogens with zero attached hydrogens (tertiary/aromatic N) is 4. The van der Waals surface area contributed by atoms with Gasteiger partial charge in [0, 0.05) is 19.1 Å². The highest BCUT2D eigenvalue weighted by molar-refractivity contribution is 5.83. The van der Waals surface area contributed by atoms with Crippen molar-refractivity contribution in [3.8, 4) is 0 Å². The van der Waals surface area contributed by atoms with Crippen LogP contribution in [0, 0.1) is 5.92 Å². The van der Waals surface area contributed by atoms with Crippen molar-refractivity contribution in [2.24, 2.45) is 5.92 Å². The van der Waals surface area contributed by atoms with Crippen molar-refractivity contribution in [1.29, 1.82) is 0 Å². The highest BCUT2D eigenvalue weighted by atomic mass is 15.2. The van der Waals surface area contributed by atoms with Crippen LogP contribution in [0.4, 0.5) is 11.8 Å². The molecule has 0 saturated carbocycles. The van der Waals surface area contributed by atoms with Gasteiger partial charge in [-0.2, -0.15) is 9.97 Å². The predicted molar refractivity (Wildman–Crippen MR) is 82.4 cm³/mol. The number of aromatic nitrogens is 4. The SMILES string of the molecule is CCNc1nc(NC2CN3CCC2CC3)c2[nH]cnc2n1. The Morgan fingerprint density at radius 3 is 2.90 bits per heavy atom. The molecule has 0 aliphatic carbocycles. The lowest BCUT2D eigenvalue weighted by Crippen LogP contribution is -2.53. The second-order valence-electron chi connectivity index (χ2n) is 5.92. The first-order chi connectivity index (χ1) is 10.3. The zero-order chi connectivity index (χ0) is 14.2. The van der Waals surface area contributed by atoms with E-state index in [1.54, 1.807) is 6.33 Å². The van der Waals surface area contributed by atoms with Gasteiger partial charge in [-0.05, 0) is 38.8 Å². The van der Waals surface area contributed by atoms with Crippen molar-refractivity contribution in [2.45, 2.75) is 25.8 Å². The van der Waals surface area contributed by atoms with Gasteiger partial charge < -0.3 is 20.5 Å². The van der Waals surface area contributed by atoms with Gasteiger partial charge in [0.05, 0.1) is 6.33 Å². The lowest BCUT2D eigenvalue weighted by atomic mass is 9.84. The number of hydrogen-bond donors (Lipinski definition) is 3. The average Bonchev–Trinajstić information content (AvgIpc) is 2.97. The molecule has 0 spiro atoms. The van der Waals surface area contributed by atoms with Crippen LogP contribution in [0.25, 0.3) is 11.2 Å². The standard InChI is InChI=1S/C14H21N7/c1-2-15-14-19-12-11(16-8-17-12)13(20-14)18-10-7-21-5-3-9(10)4-6-21/h8-10H,2-7H2,1H3,(H3,15,16,17,18,19,20). The highest BCUT2D eigenvalue weighted by Crippen LogP contribution is 2.30. The summed E-state index contributed by atoms with van der Waals surface area (Å²) < 4.78 is 0. The third kappa shape index (κ3) is 2.31. The first-order valence-corrected chi connectivity index (χ1v) is 7.77. The molecule has 3 aliphatic rings. The van der Waals surface area contributed by atoms with E-state index in [9.17, 15) is 0 Å². The summed E-state index contributed by atoms with van der Waals surface area (Å²) in [4.78, 5) is 19.0. The van der Waals surface area contributed by atoms with E-state index >= 15 is 0 Å². The number of nitrogens with one attached hydrogen (secondary N) is 3. The minimum absolute atomic E-state index is 0.475. The van der Waals surface area contributed by atoms with Crippen molar-refractivity contribution in [3.63, 3.8) is 0 Å². The fourth-order valence-electron chi connectivity index (χ4n) is 3.48. The number of anilines is 2. The molecule has 5 heterocycles. The van der Waals surface area contributed by atoms with Gasteiger partial charge in [0.2, 0.25) is 5.95 Å². The summed E-state index contributed by atoms with van der Waals surface area (Å²) >= 11 is 0. The van der Waals surface area contributed by atoms with Crippen molar-refractivity contribution in [1.82, 2.24) is 24.8 Å². The van der Waals surface area contributed by atoms with Crippen LogP contribution >= 0.6 is 0 Å². The molecule has 3 saturated heterocycles. The Balaban J connectivity index is 1.64. The van der Waals surface area contributed by atoms with Crippen LogP contribution < -0.4 is 10.6 Å². The molecule has 0 amide bonds. The number of imidazole rings is 1. The van der Waals surface area contributed by atoms with Crippen molar-refractivity contribution < 1.29 is 0 Å². The highest BCUT2D eigenvalue weighted by Gasteiger charge is 2.34. The van der Waals surface area contributed by atoms with Crippen LogP contribution in [-0.2, 0) is 0 Å². The Bertz CT molecular complexity index is 629. The van der Waals surface area contributed by atoms with Crippen LogP contribution in [0.15, 0.2) is 6.33 Å². The summed E-state index contributed by atoms with van der Waals surface area (Å²) in [5, 5.41) is 6.81. The van der Waals surface area contributed by atoms with Crippen molar-refractivity contribution in [3.05, 3.63) is 6.33 Å². The summed E-state index contributed by atoms with van der Waals surface area (Å²) in [5.41, 5.74) is 1.61. The number of hydrogen-bond acceptors (Lipinski definition) is 6. The van der Waals surface area contributed by atoms with Crippen LogP contribution in [0.2, 0.25) is 0 Å². The molecule has 2 aromatic rings. The van der Waals surface area contributed by atoms with E-state index in [0.717, 1.165) is 30.3 Å². The third-order valence-corrected chi connectivity index (χ3v) is 4.60. The van der Waals surface area contributed by atoms with Gasteiger partial charge in [-0.3, -0.25) is 0 Å². The van der Waals surface area contributed by atoms with E-state index in [2.05, 4.69) is 35.5 Å². The molecule has 2 bridgehead atoms. The lowest BCUT2D eigenvalue weighted by Gasteiger charge is -2.45. The number of fused-ring (bicyclic) bond motifs is 4. The molecule has 1 unspecified atom stereocenters. The van der Waals surface area contributed by atoms with Crippen molar-refractivity contribution in [2.75, 3.05) is 36.8 Å². The second-order valence-corrected chi connectivity index (χ2v) is 5.92. The topological polar surface area (TPSA) is 81.8 Å². The first-order valence-electron chi connectivity index (χ1n) is 7.77. The third-order valence-electron chi connectivity index (χ3n) is 4.60. The summed E-state index contributed by atoms with van der Waals surface area (Å²) in [7, 11) is 0. The molecular formula is C14H21N7. The molecule has 112 valence electrons. The molecule has 2 aromatic heterocycles. The Morgan fingerprint density at radius 2 is 2.19 bits per heavy atom. The van der Waals surface area contributed by atoms with Gasteiger partial charge in [0.15, 0.2) is 11.5 Å². The lowest BCUT2D eigenvalue weighted by molar-refractivity contribution is 0.0974. The van der Waals surface area contributed by atoms with E-state index in [1.165, 1.54) is 25.9 Å². The Labute approximate surface area is 123 Å². The summed E-state index contributed by atoms with van der Waals surface area (Å²) in [6, 6.07) is 0.475. The molecule has 5 rings (SSSR count). The Hall–Kier alpha value is -1.89. The quantitative estimate of drug-likeness (QED) is 0.786. The maximum absolute atomic E-state index is 4.62. The van der Waals surface area contributed by atoms with Crippen molar-refractivity contribution >= 4 is 22.9 Å². The monoisotopic (exact) mass is 287 g/mol. The molecule has 3 N–H and O–H groups in total. The maximum atomic E-state index is 4.62. The van der Waals surface area contributed by atoms with Gasteiger partial charge in [-0.15, -0.1) is 0 Å². The molecule has 0 aromatic carbocycles. The fourth-order valence-corrected chi connectivity index (χ4v) is 3.48. The Morgan fingerprint density at radius 1 is 1.33 bits per heavy atom. The van der Waals surface area contributed by atoms with E-state index in [0.29, 0.717) is 17.6 Å². The van der Waals surface area contributed by atoms with Gasteiger partial charge in [-0.1, -0.05) is 0 Å². The Kier molecular flexibility index (Phi) is 3.14. The van der Waals surface area contributed by atoms with Gasteiger partial charge in [0.1, 0.15) is 5.52 Å². The summed E-state index contributed by atoms with van der Waals surface area (Å²) in [5.74, 6) is 2.26. The van der Waals surface area contributed by atoms with E-state index in [1.807, 2.05) is 6.92 Å². The largest absolute Gasteiger partial charge is 0.364 e. The maximum Gasteiger partial charge on any atom is 0.226 e. The minimum atomic E-state index is 0.475.